The first-order valence-electron chi connectivity index (χ1n) is 8.84. The molecule has 32 heavy (non-hydrogen) atoms. The first kappa shape index (κ1) is 21.5. The highest BCUT2D eigenvalue weighted by molar-refractivity contribution is 5.78. The molecule has 13 heteroatoms. The lowest BCUT2D eigenvalue weighted by Crippen LogP contribution is -2.31. The van der Waals surface area contributed by atoms with Crippen LogP contribution in [0.2, 0.25) is 0 Å². The Bertz CT molecular complexity index is 1340. The van der Waals surface area contributed by atoms with Crippen LogP contribution in [0.3, 0.4) is 0 Å². The molecule has 0 aliphatic heterocycles. The topological polar surface area (TPSA) is 94.2 Å². The van der Waals surface area contributed by atoms with Crippen molar-refractivity contribution in [2.75, 3.05) is 0 Å². The van der Waals surface area contributed by atoms with Crippen LogP contribution in [0.5, 0.6) is 5.75 Å². The molecule has 0 aliphatic rings. The Morgan fingerprint density at radius 1 is 1.03 bits per heavy atom. The van der Waals surface area contributed by atoms with Crippen molar-refractivity contribution in [2.45, 2.75) is 25.4 Å². The van der Waals surface area contributed by atoms with Gasteiger partial charge in [-0.05, 0) is 43.3 Å². The van der Waals surface area contributed by atoms with Crippen LogP contribution in [-0.4, -0.2) is 27.4 Å². The van der Waals surface area contributed by atoms with Gasteiger partial charge in [-0.15, -0.1) is 0 Å². The molecule has 0 fully saturated rings. The molecule has 0 unspecified atom stereocenters. The van der Waals surface area contributed by atoms with E-state index in [-0.39, 0.29) is 22.9 Å². The van der Waals surface area contributed by atoms with Gasteiger partial charge < -0.3 is 13.7 Å². The van der Waals surface area contributed by atoms with Gasteiger partial charge in [-0.1, -0.05) is 5.16 Å². The third-order valence-corrected chi connectivity index (χ3v) is 4.40. The van der Waals surface area contributed by atoms with Crippen molar-refractivity contribution in [1.82, 2.24) is 15.1 Å². The Kier molecular flexibility index (Phi) is 4.98. The van der Waals surface area contributed by atoms with Gasteiger partial charge in [0.25, 0.3) is 5.89 Å². The second kappa shape index (κ2) is 7.43. The van der Waals surface area contributed by atoms with Crippen molar-refractivity contribution in [1.29, 1.82) is 0 Å². The summed E-state index contributed by atoms with van der Waals surface area (Å²) in [6.45, 7) is 0.600. The van der Waals surface area contributed by atoms with E-state index in [0.717, 1.165) is 12.1 Å². The van der Waals surface area contributed by atoms with Crippen LogP contribution in [0.15, 0.2) is 50.1 Å². The summed E-state index contributed by atoms with van der Waals surface area (Å²) >= 11 is 0. The Labute approximate surface area is 173 Å². The number of alkyl halides is 6. The van der Waals surface area contributed by atoms with Gasteiger partial charge in [0.15, 0.2) is 11.7 Å². The number of nitrogens with zero attached hydrogens (tertiary/aromatic N) is 2. The fourth-order valence-corrected chi connectivity index (χ4v) is 2.79. The number of ether oxygens (including phenoxy) is 1. The minimum atomic E-state index is -5.00. The summed E-state index contributed by atoms with van der Waals surface area (Å²) in [6.07, 6.45) is -12.3. The van der Waals surface area contributed by atoms with Gasteiger partial charge >= 0.3 is 18.1 Å². The van der Waals surface area contributed by atoms with Crippen LogP contribution in [0.25, 0.3) is 33.9 Å². The normalized spacial score (nSPS) is 13.5. The van der Waals surface area contributed by atoms with Crippen molar-refractivity contribution >= 4 is 11.1 Å². The van der Waals surface area contributed by atoms with Crippen LogP contribution in [0, 0.1) is 0 Å². The van der Waals surface area contributed by atoms with Crippen LogP contribution in [0.1, 0.15) is 12.5 Å². The molecule has 1 N–H and O–H groups in total. The number of hydrogen-bond donors (Lipinski definition) is 1. The highest BCUT2D eigenvalue weighted by atomic mass is 19.4. The Morgan fingerprint density at radius 3 is 2.44 bits per heavy atom. The number of nitrogens with one attached hydrogen (secondary N) is 1. The molecule has 1 atom stereocenters. The van der Waals surface area contributed by atoms with Gasteiger partial charge in [0.2, 0.25) is 5.82 Å². The smallest absolute Gasteiger partial charge is 0.425 e. The van der Waals surface area contributed by atoms with Crippen molar-refractivity contribution in [3.63, 3.8) is 0 Å². The second-order valence-electron chi connectivity index (χ2n) is 6.66. The number of oxazole rings is 1. The number of aromatic amines is 1. The average molecular weight is 459 g/mol. The SMILES string of the molecule is C[C@H](Oc1ccc(-c2nc(-c3ccc4oc(=O)[nH]c4c3)no2)cc1C(F)(F)F)C(F)(F)F. The van der Waals surface area contributed by atoms with Gasteiger partial charge in [-0.25, -0.2) is 4.79 Å². The standard InChI is InChI=1S/C19H11F6N3O4/c1-8(18(20,21)22)30-13-4-3-10(6-11(13)19(23,24)25)16-27-15(28-32-16)9-2-5-14-12(7-9)26-17(29)31-14/h2-8H,1H3,(H,26,29)/t8-/m0/s1. The summed E-state index contributed by atoms with van der Waals surface area (Å²) in [5.74, 6) is -1.96. The fourth-order valence-electron chi connectivity index (χ4n) is 2.79. The maximum absolute atomic E-state index is 13.4. The molecule has 2 aromatic heterocycles. The molecule has 0 saturated carbocycles. The van der Waals surface area contributed by atoms with E-state index >= 15 is 0 Å². The first-order valence-corrected chi connectivity index (χ1v) is 8.84. The summed E-state index contributed by atoms with van der Waals surface area (Å²) < 4.78 is 92.8. The average Bonchev–Trinajstić information content (AvgIpc) is 3.32. The lowest BCUT2D eigenvalue weighted by molar-refractivity contribution is -0.191. The van der Waals surface area contributed by atoms with E-state index in [9.17, 15) is 31.1 Å². The number of benzene rings is 2. The molecule has 0 aliphatic carbocycles. The molecule has 168 valence electrons. The molecule has 0 bridgehead atoms. The van der Waals surface area contributed by atoms with E-state index in [1.54, 1.807) is 0 Å². The maximum atomic E-state index is 13.4. The van der Waals surface area contributed by atoms with E-state index in [4.69, 9.17) is 8.94 Å². The van der Waals surface area contributed by atoms with Gasteiger partial charge in [0, 0.05) is 11.1 Å². The van der Waals surface area contributed by atoms with Crippen LogP contribution in [-0.2, 0) is 6.18 Å². The monoisotopic (exact) mass is 459 g/mol. The zero-order valence-electron chi connectivity index (χ0n) is 15.8. The molecule has 0 saturated heterocycles. The highest BCUT2D eigenvalue weighted by Crippen LogP contribution is 2.40. The van der Waals surface area contributed by atoms with Crippen molar-refractivity contribution in [3.8, 4) is 28.6 Å². The summed E-state index contributed by atoms with van der Waals surface area (Å²) in [6, 6.07) is 6.84. The number of halogens is 6. The lowest BCUT2D eigenvalue weighted by Gasteiger charge is -2.20. The summed E-state index contributed by atoms with van der Waals surface area (Å²) in [4.78, 5) is 17.7. The minimum absolute atomic E-state index is 0.00327. The maximum Gasteiger partial charge on any atom is 0.425 e. The molecule has 4 rings (SSSR count). The lowest BCUT2D eigenvalue weighted by atomic mass is 10.1. The molecule has 0 spiro atoms. The number of hydrogen-bond acceptors (Lipinski definition) is 6. The highest BCUT2D eigenvalue weighted by Gasteiger charge is 2.41. The van der Waals surface area contributed by atoms with E-state index in [1.165, 1.54) is 18.2 Å². The quantitative estimate of drug-likeness (QED) is 0.423. The van der Waals surface area contributed by atoms with Crippen LogP contribution < -0.4 is 10.5 Å². The molecule has 0 radical (unpaired) electrons. The predicted octanol–water partition coefficient (Wildman–Crippen LogP) is 5.19. The summed E-state index contributed by atoms with van der Waals surface area (Å²) in [5, 5.41) is 3.70. The van der Waals surface area contributed by atoms with E-state index in [2.05, 4.69) is 19.9 Å². The Hall–Kier alpha value is -3.77. The number of H-pyrrole nitrogens is 1. The predicted molar refractivity (Wildman–Crippen MR) is 96.7 cm³/mol. The molecular formula is C19H11F6N3O4. The molecule has 2 heterocycles. The van der Waals surface area contributed by atoms with Crippen molar-refractivity contribution in [3.05, 3.63) is 52.5 Å². The van der Waals surface area contributed by atoms with Crippen LogP contribution in [0.4, 0.5) is 26.3 Å². The third kappa shape index (κ3) is 4.18. The summed E-state index contributed by atoms with van der Waals surface area (Å²) in [5.41, 5.74) is -0.608. The van der Waals surface area contributed by atoms with Gasteiger partial charge in [-0.3, -0.25) is 4.98 Å². The third-order valence-electron chi connectivity index (χ3n) is 4.40. The molecular weight excluding hydrogens is 448 g/mol. The van der Waals surface area contributed by atoms with Crippen LogP contribution >= 0.6 is 0 Å². The van der Waals surface area contributed by atoms with E-state index < -0.39 is 35.5 Å². The van der Waals surface area contributed by atoms with Crippen molar-refractivity contribution < 1.29 is 40.0 Å². The van der Waals surface area contributed by atoms with Gasteiger partial charge in [0.05, 0.1) is 11.1 Å². The molecule has 0 amide bonds. The van der Waals surface area contributed by atoms with Gasteiger partial charge in [-0.2, -0.15) is 31.3 Å². The zero-order chi connectivity index (χ0) is 23.3. The Morgan fingerprint density at radius 2 is 1.75 bits per heavy atom. The summed E-state index contributed by atoms with van der Waals surface area (Å²) in [7, 11) is 0. The Balaban J connectivity index is 1.69. The number of rotatable bonds is 4. The minimum Gasteiger partial charge on any atom is -0.481 e. The van der Waals surface area contributed by atoms with Gasteiger partial charge in [0.1, 0.15) is 5.75 Å². The van der Waals surface area contributed by atoms with Crippen molar-refractivity contribution in [2.24, 2.45) is 0 Å². The molecule has 2 aromatic carbocycles. The van der Waals surface area contributed by atoms with E-state index in [0.29, 0.717) is 24.1 Å². The number of aromatic nitrogens is 3. The van der Waals surface area contributed by atoms with E-state index in [1.807, 2.05) is 0 Å². The molecule has 4 aromatic rings. The molecule has 7 nitrogen and oxygen atoms in total. The first-order chi connectivity index (χ1) is 14.9. The number of fused-ring (bicyclic) bond motifs is 1. The zero-order valence-corrected chi connectivity index (χ0v) is 15.8. The second-order valence-corrected chi connectivity index (χ2v) is 6.66. The fraction of sp³-hybridized carbons (Fsp3) is 0.211. The largest absolute Gasteiger partial charge is 0.481 e.